The number of hydrogen-bond acceptors (Lipinski definition) is 7. The summed E-state index contributed by atoms with van der Waals surface area (Å²) in [6.45, 7) is 9.22. The molecule has 1 amide bonds. The smallest absolute Gasteiger partial charge is 0.410 e. The Labute approximate surface area is 161 Å². The topological polar surface area (TPSA) is 96.6 Å². The standard InChI is InChI=1S/C19H32N6O2/c1-19(2,3)27-18(26)24(4)14-7-10-25(12-14)16-11-15(22-17(20)23-16)13-5-8-21-9-6-13/h11,13-14,21H,5-10,12H2,1-4H3,(H2,20,22,23)/t14-/m1/s1. The molecule has 3 N–H and O–H groups in total. The highest BCUT2D eigenvalue weighted by molar-refractivity contribution is 5.68. The molecule has 150 valence electrons. The van der Waals surface area contributed by atoms with Crippen molar-refractivity contribution in [3.05, 3.63) is 11.8 Å². The summed E-state index contributed by atoms with van der Waals surface area (Å²) in [5.74, 6) is 1.61. The molecule has 0 saturated carbocycles. The van der Waals surface area contributed by atoms with Gasteiger partial charge in [-0.05, 0) is 53.1 Å². The minimum Gasteiger partial charge on any atom is -0.444 e. The second kappa shape index (κ2) is 7.88. The number of nitrogens with zero attached hydrogens (tertiary/aromatic N) is 4. The summed E-state index contributed by atoms with van der Waals surface area (Å²) in [5.41, 5.74) is 6.54. The number of amides is 1. The van der Waals surface area contributed by atoms with Crippen molar-refractivity contribution < 1.29 is 9.53 Å². The van der Waals surface area contributed by atoms with Crippen LogP contribution in [0.15, 0.2) is 6.07 Å². The lowest BCUT2D eigenvalue weighted by molar-refractivity contribution is 0.0238. The van der Waals surface area contributed by atoms with E-state index in [2.05, 4.69) is 26.3 Å². The Bertz CT molecular complexity index is 669. The summed E-state index contributed by atoms with van der Waals surface area (Å²) < 4.78 is 5.49. The summed E-state index contributed by atoms with van der Waals surface area (Å²) in [6, 6.07) is 2.17. The molecule has 3 rings (SSSR count). The summed E-state index contributed by atoms with van der Waals surface area (Å²) >= 11 is 0. The van der Waals surface area contributed by atoms with Crippen molar-refractivity contribution in [2.75, 3.05) is 43.9 Å². The fourth-order valence-corrected chi connectivity index (χ4v) is 3.71. The Balaban J connectivity index is 1.67. The number of likely N-dealkylation sites (N-methyl/N-ethyl adjacent to an activating group) is 1. The number of ether oxygens (including phenoxy) is 1. The maximum atomic E-state index is 12.3. The molecule has 1 aromatic rings. The van der Waals surface area contributed by atoms with Gasteiger partial charge in [-0.2, -0.15) is 4.98 Å². The monoisotopic (exact) mass is 376 g/mol. The molecule has 2 fully saturated rings. The zero-order valence-electron chi connectivity index (χ0n) is 16.9. The second-order valence-electron chi connectivity index (χ2n) is 8.51. The maximum Gasteiger partial charge on any atom is 0.410 e. The van der Waals surface area contributed by atoms with Crippen LogP contribution in [0.25, 0.3) is 0 Å². The highest BCUT2D eigenvalue weighted by Gasteiger charge is 2.32. The first-order valence-electron chi connectivity index (χ1n) is 9.79. The highest BCUT2D eigenvalue weighted by Crippen LogP contribution is 2.29. The number of nitrogen functional groups attached to an aromatic ring is 1. The van der Waals surface area contributed by atoms with Gasteiger partial charge in [0.1, 0.15) is 11.4 Å². The van der Waals surface area contributed by atoms with E-state index in [1.165, 1.54) is 0 Å². The summed E-state index contributed by atoms with van der Waals surface area (Å²) in [4.78, 5) is 25.2. The third-order valence-electron chi connectivity index (χ3n) is 5.22. The molecule has 0 aromatic carbocycles. The minimum absolute atomic E-state index is 0.0957. The van der Waals surface area contributed by atoms with Gasteiger partial charge in [0.05, 0.1) is 11.7 Å². The van der Waals surface area contributed by atoms with Gasteiger partial charge in [0.25, 0.3) is 0 Å². The number of nitrogens with one attached hydrogen (secondary N) is 1. The Kier molecular flexibility index (Phi) is 5.74. The van der Waals surface area contributed by atoms with Crippen molar-refractivity contribution in [2.24, 2.45) is 0 Å². The number of aromatic nitrogens is 2. The molecule has 2 aliphatic rings. The van der Waals surface area contributed by atoms with E-state index in [0.717, 1.165) is 57.0 Å². The molecule has 0 aliphatic carbocycles. The van der Waals surface area contributed by atoms with Gasteiger partial charge >= 0.3 is 6.09 Å². The largest absolute Gasteiger partial charge is 0.444 e. The van der Waals surface area contributed by atoms with E-state index in [1.54, 1.807) is 11.9 Å². The van der Waals surface area contributed by atoms with Gasteiger partial charge in [-0.25, -0.2) is 9.78 Å². The molecule has 2 aliphatic heterocycles. The molecular weight excluding hydrogens is 344 g/mol. The number of nitrogens with two attached hydrogens (primary N) is 1. The molecule has 2 saturated heterocycles. The van der Waals surface area contributed by atoms with Crippen LogP contribution in [-0.2, 0) is 4.74 Å². The zero-order valence-corrected chi connectivity index (χ0v) is 16.9. The predicted molar refractivity (Wildman–Crippen MR) is 106 cm³/mol. The van der Waals surface area contributed by atoms with Crippen LogP contribution in [0.1, 0.15) is 51.6 Å². The Morgan fingerprint density at radius 3 is 2.67 bits per heavy atom. The van der Waals surface area contributed by atoms with Crippen molar-refractivity contribution in [3.63, 3.8) is 0 Å². The molecular formula is C19H32N6O2. The van der Waals surface area contributed by atoms with Crippen LogP contribution in [0.5, 0.6) is 0 Å². The number of hydrogen-bond donors (Lipinski definition) is 2. The normalized spacial score (nSPS) is 21.3. The van der Waals surface area contributed by atoms with Crippen LogP contribution in [0.4, 0.5) is 16.6 Å². The van der Waals surface area contributed by atoms with Gasteiger partial charge in [-0.3, -0.25) is 0 Å². The third kappa shape index (κ3) is 5.00. The van der Waals surface area contributed by atoms with Crippen molar-refractivity contribution in [1.29, 1.82) is 0 Å². The quantitative estimate of drug-likeness (QED) is 0.832. The molecule has 1 atom stereocenters. The van der Waals surface area contributed by atoms with E-state index in [4.69, 9.17) is 10.5 Å². The molecule has 8 heteroatoms. The first kappa shape index (κ1) is 19.7. The lowest BCUT2D eigenvalue weighted by atomic mass is 9.94. The van der Waals surface area contributed by atoms with E-state index >= 15 is 0 Å². The van der Waals surface area contributed by atoms with E-state index in [9.17, 15) is 4.79 Å². The number of carbonyl (C=O) groups excluding carboxylic acids is 1. The zero-order chi connectivity index (χ0) is 19.6. The fraction of sp³-hybridized carbons (Fsp3) is 0.737. The van der Waals surface area contributed by atoms with Crippen LogP contribution in [-0.4, -0.2) is 65.8 Å². The first-order valence-corrected chi connectivity index (χ1v) is 9.79. The highest BCUT2D eigenvalue weighted by atomic mass is 16.6. The Morgan fingerprint density at radius 1 is 1.30 bits per heavy atom. The van der Waals surface area contributed by atoms with Crippen LogP contribution < -0.4 is 16.0 Å². The number of carbonyl (C=O) groups is 1. The molecule has 0 unspecified atom stereocenters. The lowest BCUT2D eigenvalue weighted by Crippen LogP contribution is -2.42. The number of rotatable bonds is 3. The van der Waals surface area contributed by atoms with Crippen molar-refractivity contribution >= 4 is 17.9 Å². The van der Waals surface area contributed by atoms with E-state index in [-0.39, 0.29) is 12.1 Å². The second-order valence-corrected chi connectivity index (χ2v) is 8.51. The fourth-order valence-electron chi connectivity index (χ4n) is 3.71. The summed E-state index contributed by atoms with van der Waals surface area (Å²) in [6.07, 6.45) is 2.73. The predicted octanol–water partition coefficient (Wildman–Crippen LogP) is 1.97. The van der Waals surface area contributed by atoms with Crippen LogP contribution in [0.2, 0.25) is 0 Å². The van der Waals surface area contributed by atoms with Gasteiger partial charge in [-0.1, -0.05) is 0 Å². The van der Waals surface area contributed by atoms with Crippen LogP contribution in [0, 0.1) is 0 Å². The number of piperidine rings is 1. The number of anilines is 2. The van der Waals surface area contributed by atoms with Crippen LogP contribution >= 0.6 is 0 Å². The van der Waals surface area contributed by atoms with Crippen molar-refractivity contribution in [1.82, 2.24) is 20.2 Å². The molecule has 0 radical (unpaired) electrons. The molecule has 1 aromatic heterocycles. The lowest BCUT2D eigenvalue weighted by Gasteiger charge is -2.29. The summed E-state index contributed by atoms with van der Waals surface area (Å²) in [7, 11) is 1.80. The van der Waals surface area contributed by atoms with E-state index in [0.29, 0.717) is 11.9 Å². The Hall–Kier alpha value is -2.09. The van der Waals surface area contributed by atoms with Gasteiger partial charge < -0.3 is 25.6 Å². The molecule has 0 bridgehead atoms. The molecule has 3 heterocycles. The molecule has 8 nitrogen and oxygen atoms in total. The van der Waals surface area contributed by atoms with Gasteiger partial charge in [0.2, 0.25) is 5.95 Å². The molecule has 0 spiro atoms. The van der Waals surface area contributed by atoms with E-state index < -0.39 is 5.60 Å². The minimum atomic E-state index is -0.492. The average Bonchev–Trinajstić information content (AvgIpc) is 3.10. The van der Waals surface area contributed by atoms with Crippen molar-refractivity contribution in [2.45, 2.75) is 57.6 Å². The maximum absolute atomic E-state index is 12.3. The molecule has 27 heavy (non-hydrogen) atoms. The average molecular weight is 377 g/mol. The van der Waals surface area contributed by atoms with Crippen molar-refractivity contribution in [3.8, 4) is 0 Å². The first-order chi connectivity index (χ1) is 12.7. The van der Waals surface area contributed by atoms with Gasteiger partial charge in [-0.15, -0.1) is 0 Å². The third-order valence-corrected chi connectivity index (χ3v) is 5.22. The van der Waals surface area contributed by atoms with Gasteiger partial charge in [0, 0.05) is 32.1 Å². The SMILES string of the molecule is CN(C(=O)OC(C)(C)C)[C@@H]1CCN(c2cc(C3CCNCC3)nc(N)n2)C1. The summed E-state index contributed by atoms with van der Waals surface area (Å²) in [5, 5.41) is 3.38. The van der Waals surface area contributed by atoms with Crippen LogP contribution in [0.3, 0.4) is 0 Å². The van der Waals surface area contributed by atoms with Gasteiger partial charge in [0.15, 0.2) is 0 Å². The van der Waals surface area contributed by atoms with E-state index in [1.807, 2.05) is 20.8 Å². The Morgan fingerprint density at radius 2 is 2.00 bits per heavy atom.